The van der Waals surface area contributed by atoms with Crippen LogP contribution in [0.3, 0.4) is 0 Å². The van der Waals surface area contributed by atoms with Crippen molar-refractivity contribution in [2.24, 2.45) is 12.0 Å². The van der Waals surface area contributed by atoms with Crippen LogP contribution in [0.1, 0.15) is 17.4 Å². The number of aromatic carboxylic acids is 1. The Kier molecular flexibility index (Phi) is 2.16. The molecule has 1 N–H and O–H groups in total. The Labute approximate surface area is 92.1 Å². The molecular formula is C9H10N2O4S. The van der Waals surface area contributed by atoms with Crippen LogP contribution in [0.5, 0.6) is 0 Å². The summed E-state index contributed by atoms with van der Waals surface area (Å²) < 4.78 is 24.8. The second-order valence-corrected chi connectivity index (χ2v) is 5.67. The van der Waals surface area contributed by atoms with Gasteiger partial charge in [-0.3, -0.25) is 4.99 Å². The highest BCUT2D eigenvalue weighted by atomic mass is 32.2. The summed E-state index contributed by atoms with van der Waals surface area (Å²) in [6.45, 7) is 1.57. The zero-order valence-electron chi connectivity index (χ0n) is 8.76. The van der Waals surface area contributed by atoms with E-state index in [9.17, 15) is 13.2 Å². The summed E-state index contributed by atoms with van der Waals surface area (Å²) in [7, 11) is -1.95. The molecule has 6 nitrogen and oxygen atoms in total. The van der Waals surface area contributed by atoms with Crippen LogP contribution in [0.4, 0.5) is 5.69 Å². The topological polar surface area (TPSA) is 88.7 Å². The van der Waals surface area contributed by atoms with Gasteiger partial charge in [0.15, 0.2) is 15.5 Å². The number of rotatable bonds is 1. The molecule has 0 aliphatic carbocycles. The molecule has 1 aromatic rings. The molecule has 2 heterocycles. The van der Waals surface area contributed by atoms with Crippen LogP contribution in [0.25, 0.3) is 0 Å². The average molecular weight is 242 g/mol. The minimum atomic E-state index is -3.44. The third-order valence-corrected chi connectivity index (χ3v) is 4.13. The number of fused-ring (bicyclic) bond motifs is 1. The van der Waals surface area contributed by atoms with Crippen LogP contribution in [-0.4, -0.2) is 35.5 Å². The van der Waals surface area contributed by atoms with Crippen LogP contribution in [0, 0.1) is 0 Å². The molecule has 0 fully saturated rings. The Morgan fingerprint density at radius 2 is 2.19 bits per heavy atom. The molecule has 0 aromatic carbocycles. The van der Waals surface area contributed by atoms with E-state index in [-0.39, 0.29) is 22.0 Å². The molecule has 1 aliphatic heterocycles. The van der Waals surface area contributed by atoms with Crippen LogP contribution < -0.4 is 0 Å². The predicted octanol–water partition coefficient (Wildman–Crippen LogP) is 0.603. The van der Waals surface area contributed by atoms with E-state index in [0.717, 1.165) is 0 Å². The van der Waals surface area contributed by atoms with Crippen LogP contribution >= 0.6 is 0 Å². The Bertz CT molecular complexity index is 610. The van der Waals surface area contributed by atoms with Gasteiger partial charge in [0, 0.05) is 19.0 Å². The highest BCUT2D eigenvalue weighted by Crippen LogP contribution is 2.34. The first-order valence-electron chi connectivity index (χ1n) is 4.52. The number of hydrogen-bond acceptors (Lipinski definition) is 4. The van der Waals surface area contributed by atoms with Gasteiger partial charge in [0.2, 0.25) is 0 Å². The Balaban J connectivity index is 2.84. The van der Waals surface area contributed by atoms with Crippen molar-refractivity contribution < 1.29 is 18.3 Å². The van der Waals surface area contributed by atoms with Crippen molar-refractivity contribution in [1.82, 2.24) is 4.57 Å². The second kappa shape index (κ2) is 3.18. The van der Waals surface area contributed by atoms with Gasteiger partial charge in [-0.05, 0) is 6.92 Å². The van der Waals surface area contributed by atoms with Crippen molar-refractivity contribution in [3.05, 3.63) is 11.9 Å². The molecule has 0 unspecified atom stereocenters. The van der Waals surface area contributed by atoms with Gasteiger partial charge in [-0.25, -0.2) is 13.2 Å². The summed E-state index contributed by atoms with van der Waals surface area (Å²) in [5.41, 5.74) is 0.345. The number of sulfone groups is 1. The zero-order chi connectivity index (χ0) is 12.1. The maximum Gasteiger partial charge on any atom is 0.354 e. The van der Waals surface area contributed by atoms with E-state index in [1.54, 1.807) is 6.92 Å². The SMILES string of the molecule is CC1=Nc2c(cn(C)c2C(=O)O)S(=O)(=O)C1. The summed E-state index contributed by atoms with van der Waals surface area (Å²) >= 11 is 0. The van der Waals surface area contributed by atoms with Crippen molar-refractivity contribution >= 4 is 27.2 Å². The summed E-state index contributed by atoms with van der Waals surface area (Å²) in [6, 6.07) is 0. The van der Waals surface area contributed by atoms with E-state index in [4.69, 9.17) is 5.11 Å². The summed E-state index contributed by atoms with van der Waals surface area (Å²) in [5.74, 6) is -1.33. The van der Waals surface area contributed by atoms with Gasteiger partial charge in [0.05, 0.1) is 5.75 Å². The molecule has 0 amide bonds. The van der Waals surface area contributed by atoms with E-state index in [2.05, 4.69) is 4.99 Å². The number of aliphatic imine (C=N–C) groups is 1. The zero-order valence-corrected chi connectivity index (χ0v) is 9.58. The third-order valence-electron chi connectivity index (χ3n) is 2.36. The number of carboxylic acid groups (broad SMARTS) is 1. The van der Waals surface area contributed by atoms with Gasteiger partial charge in [-0.15, -0.1) is 0 Å². The number of carbonyl (C=O) groups is 1. The third kappa shape index (κ3) is 1.44. The highest BCUT2D eigenvalue weighted by Gasteiger charge is 2.31. The smallest absolute Gasteiger partial charge is 0.354 e. The largest absolute Gasteiger partial charge is 0.477 e. The van der Waals surface area contributed by atoms with Crippen LogP contribution in [0.15, 0.2) is 16.1 Å². The fraction of sp³-hybridized carbons (Fsp3) is 0.333. The van der Waals surface area contributed by atoms with E-state index in [1.165, 1.54) is 17.8 Å². The van der Waals surface area contributed by atoms with Crippen LogP contribution in [0.2, 0.25) is 0 Å². The van der Waals surface area contributed by atoms with E-state index >= 15 is 0 Å². The standard InChI is InChI=1S/C9H10N2O4S/c1-5-4-16(14,15)6-3-11(2)8(9(12)13)7(6)10-5/h3H,4H2,1-2H3,(H,12,13). The molecule has 86 valence electrons. The van der Waals surface area contributed by atoms with E-state index < -0.39 is 15.8 Å². The summed E-state index contributed by atoms with van der Waals surface area (Å²) in [4.78, 5) is 15.0. The molecule has 16 heavy (non-hydrogen) atoms. The van der Waals surface area contributed by atoms with E-state index in [1.807, 2.05) is 0 Å². The summed E-state index contributed by atoms with van der Waals surface area (Å²) in [5, 5.41) is 8.98. The predicted molar refractivity (Wildman–Crippen MR) is 57.2 cm³/mol. The lowest BCUT2D eigenvalue weighted by atomic mass is 10.3. The van der Waals surface area contributed by atoms with E-state index in [0.29, 0.717) is 5.71 Å². The number of carboxylic acids is 1. The van der Waals surface area contributed by atoms with Gasteiger partial charge in [-0.2, -0.15) is 0 Å². The summed E-state index contributed by atoms with van der Waals surface area (Å²) in [6.07, 6.45) is 1.30. The van der Waals surface area contributed by atoms with Gasteiger partial charge >= 0.3 is 5.97 Å². The van der Waals surface area contributed by atoms with Gasteiger partial charge < -0.3 is 9.67 Å². The molecule has 0 radical (unpaired) electrons. The fourth-order valence-corrected chi connectivity index (χ4v) is 3.27. The monoisotopic (exact) mass is 242 g/mol. The van der Waals surface area contributed by atoms with Crippen LogP contribution in [-0.2, 0) is 16.9 Å². The normalized spacial score (nSPS) is 17.8. The Hall–Kier alpha value is -1.63. The number of hydrogen-bond donors (Lipinski definition) is 1. The second-order valence-electron chi connectivity index (χ2n) is 3.71. The Morgan fingerprint density at radius 1 is 1.56 bits per heavy atom. The molecule has 0 atom stereocenters. The first-order chi connectivity index (χ1) is 7.33. The molecular weight excluding hydrogens is 232 g/mol. The molecule has 1 aromatic heterocycles. The van der Waals surface area contributed by atoms with Crippen molar-refractivity contribution in [3.8, 4) is 0 Å². The first-order valence-corrected chi connectivity index (χ1v) is 6.17. The number of aromatic nitrogens is 1. The molecule has 7 heteroatoms. The van der Waals surface area contributed by atoms with Gasteiger partial charge in [0.1, 0.15) is 10.6 Å². The van der Waals surface area contributed by atoms with Crippen molar-refractivity contribution in [2.75, 3.05) is 5.75 Å². The lowest BCUT2D eigenvalue weighted by Crippen LogP contribution is -2.17. The average Bonchev–Trinajstić information content (AvgIpc) is 2.40. The van der Waals surface area contributed by atoms with Crippen molar-refractivity contribution in [2.45, 2.75) is 11.8 Å². The number of nitrogens with zero attached hydrogens (tertiary/aromatic N) is 2. The minimum absolute atomic E-state index is 0.00185. The minimum Gasteiger partial charge on any atom is -0.477 e. The highest BCUT2D eigenvalue weighted by molar-refractivity contribution is 7.92. The molecule has 0 saturated heterocycles. The van der Waals surface area contributed by atoms with Crippen molar-refractivity contribution in [1.29, 1.82) is 0 Å². The number of aryl methyl sites for hydroxylation is 1. The molecule has 0 bridgehead atoms. The molecule has 2 rings (SSSR count). The lowest BCUT2D eigenvalue weighted by molar-refractivity contribution is 0.0687. The van der Waals surface area contributed by atoms with Crippen molar-refractivity contribution in [3.63, 3.8) is 0 Å². The first kappa shape index (κ1) is 10.9. The lowest BCUT2D eigenvalue weighted by Gasteiger charge is -2.09. The molecule has 1 aliphatic rings. The van der Waals surface area contributed by atoms with Gasteiger partial charge in [0.25, 0.3) is 0 Å². The quantitative estimate of drug-likeness (QED) is 0.781. The maximum atomic E-state index is 11.8. The fourth-order valence-electron chi connectivity index (χ4n) is 1.75. The maximum absolute atomic E-state index is 11.8. The Morgan fingerprint density at radius 3 is 2.75 bits per heavy atom. The van der Waals surface area contributed by atoms with Gasteiger partial charge in [-0.1, -0.05) is 0 Å². The molecule has 0 saturated carbocycles. The molecule has 0 spiro atoms.